The molecule has 0 aromatic heterocycles. The number of hydrogen-bond donors (Lipinski definition) is 2. The summed E-state index contributed by atoms with van der Waals surface area (Å²) in [6.45, 7) is 2.70. The summed E-state index contributed by atoms with van der Waals surface area (Å²) in [4.78, 5) is 0. The van der Waals surface area contributed by atoms with E-state index in [2.05, 4.69) is 31.2 Å². The second kappa shape index (κ2) is 5.00. The molecular weight excluding hydrogens is 160 g/mol. The van der Waals surface area contributed by atoms with E-state index in [9.17, 15) is 0 Å². The van der Waals surface area contributed by atoms with Crippen LogP contribution in [0.2, 0.25) is 0 Å². The molecule has 0 spiro atoms. The minimum Gasteiger partial charge on any atom is -0.329 e. The molecule has 1 aromatic carbocycles. The Hall–Kier alpha value is -0.860. The van der Waals surface area contributed by atoms with E-state index in [-0.39, 0.29) is 6.04 Å². The third-order valence-electron chi connectivity index (χ3n) is 2.23. The Bertz CT molecular complexity index is 241. The fraction of sp³-hybridized carbons (Fsp3) is 0.455. The molecular formula is C11H18N2. The summed E-state index contributed by atoms with van der Waals surface area (Å²) in [5, 5.41) is 0. The van der Waals surface area contributed by atoms with Crippen molar-refractivity contribution in [3.63, 3.8) is 0 Å². The zero-order chi connectivity index (χ0) is 9.68. The monoisotopic (exact) mass is 178 g/mol. The van der Waals surface area contributed by atoms with Crippen molar-refractivity contribution >= 4 is 0 Å². The van der Waals surface area contributed by atoms with Crippen molar-refractivity contribution in [2.75, 3.05) is 6.54 Å². The van der Waals surface area contributed by atoms with Crippen LogP contribution < -0.4 is 11.5 Å². The Morgan fingerprint density at radius 1 is 1.15 bits per heavy atom. The highest BCUT2D eigenvalue weighted by Crippen LogP contribution is 2.06. The molecule has 1 atom stereocenters. The Morgan fingerprint density at radius 2 is 1.69 bits per heavy atom. The molecule has 1 aromatic rings. The summed E-state index contributed by atoms with van der Waals surface area (Å²) in [6.07, 6.45) is 1.96. The molecule has 0 aliphatic heterocycles. The lowest BCUT2D eigenvalue weighted by Gasteiger charge is -2.08. The van der Waals surface area contributed by atoms with Gasteiger partial charge in [-0.25, -0.2) is 0 Å². The molecule has 0 saturated carbocycles. The van der Waals surface area contributed by atoms with Crippen molar-refractivity contribution in [3.8, 4) is 0 Å². The molecule has 4 N–H and O–H groups in total. The highest BCUT2D eigenvalue weighted by molar-refractivity contribution is 5.23. The third-order valence-corrected chi connectivity index (χ3v) is 2.23. The fourth-order valence-corrected chi connectivity index (χ4v) is 1.30. The molecule has 13 heavy (non-hydrogen) atoms. The summed E-state index contributed by atoms with van der Waals surface area (Å²) in [5.41, 5.74) is 13.8. The van der Waals surface area contributed by atoms with E-state index < -0.39 is 0 Å². The standard InChI is InChI=1S/C11H18N2/c1-2-9-3-5-10(6-4-9)7-11(13)8-12/h3-6,11H,2,7-8,12-13H2,1H3. The van der Waals surface area contributed by atoms with Crippen LogP contribution in [-0.2, 0) is 12.8 Å². The maximum Gasteiger partial charge on any atom is 0.0203 e. The largest absolute Gasteiger partial charge is 0.329 e. The molecule has 1 unspecified atom stereocenters. The summed E-state index contributed by atoms with van der Waals surface area (Å²) in [6, 6.07) is 8.66. The lowest BCUT2D eigenvalue weighted by molar-refractivity contribution is 0.678. The van der Waals surface area contributed by atoms with Gasteiger partial charge in [0.05, 0.1) is 0 Å². The molecule has 0 bridgehead atoms. The van der Waals surface area contributed by atoms with Crippen LogP contribution in [-0.4, -0.2) is 12.6 Å². The molecule has 0 radical (unpaired) electrons. The van der Waals surface area contributed by atoms with Gasteiger partial charge in [0.2, 0.25) is 0 Å². The quantitative estimate of drug-likeness (QED) is 0.725. The highest BCUT2D eigenvalue weighted by atomic mass is 14.7. The Kier molecular flexibility index (Phi) is 3.93. The van der Waals surface area contributed by atoms with E-state index in [1.165, 1.54) is 11.1 Å². The fourth-order valence-electron chi connectivity index (χ4n) is 1.30. The van der Waals surface area contributed by atoms with E-state index in [0.29, 0.717) is 6.54 Å². The van der Waals surface area contributed by atoms with Gasteiger partial charge in [0.1, 0.15) is 0 Å². The van der Waals surface area contributed by atoms with Crippen LogP contribution in [0, 0.1) is 0 Å². The molecule has 72 valence electrons. The van der Waals surface area contributed by atoms with Gasteiger partial charge in [0.25, 0.3) is 0 Å². The van der Waals surface area contributed by atoms with Crippen LogP contribution in [0.1, 0.15) is 18.1 Å². The zero-order valence-electron chi connectivity index (χ0n) is 8.16. The number of nitrogens with two attached hydrogens (primary N) is 2. The van der Waals surface area contributed by atoms with Crippen molar-refractivity contribution < 1.29 is 0 Å². The van der Waals surface area contributed by atoms with Crippen molar-refractivity contribution in [2.24, 2.45) is 11.5 Å². The summed E-state index contributed by atoms with van der Waals surface area (Å²) < 4.78 is 0. The molecule has 0 heterocycles. The second-order valence-electron chi connectivity index (χ2n) is 3.37. The average Bonchev–Trinajstić information content (AvgIpc) is 2.19. The number of aryl methyl sites for hydroxylation is 1. The van der Waals surface area contributed by atoms with Gasteiger partial charge in [-0.15, -0.1) is 0 Å². The molecule has 0 saturated heterocycles. The zero-order valence-corrected chi connectivity index (χ0v) is 8.16. The Labute approximate surface area is 79.9 Å². The van der Waals surface area contributed by atoms with Gasteiger partial charge >= 0.3 is 0 Å². The van der Waals surface area contributed by atoms with Gasteiger partial charge in [0.15, 0.2) is 0 Å². The lowest BCUT2D eigenvalue weighted by atomic mass is 10.0. The molecule has 1 rings (SSSR count). The minimum absolute atomic E-state index is 0.0903. The molecule has 2 nitrogen and oxygen atoms in total. The summed E-state index contributed by atoms with van der Waals surface area (Å²) in [7, 11) is 0. The van der Waals surface area contributed by atoms with E-state index in [1.807, 2.05) is 0 Å². The van der Waals surface area contributed by atoms with Crippen LogP contribution in [0.3, 0.4) is 0 Å². The first-order valence-electron chi connectivity index (χ1n) is 4.79. The second-order valence-corrected chi connectivity index (χ2v) is 3.37. The Balaban J connectivity index is 2.58. The van der Waals surface area contributed by atoms with Crippen molar-refractivity contribution in [2.45, 2.75) is 25.8 Å². The molecule has 0 amide bonds. The predicted molar refractivity (Wildman–Crippen MR) is 56.6 cm³/mol. The maximum absolute atomic E-state index is 5.75. The minimum atomic E-state index is 0.0903. The van der Waals surface area contributed by atoms with Gasteiger partial charge in [-0.2, -0.15) is 0 Å². The third kappa shape index (κ3) is 3.17. The maximum atomic E-state index is 5.75. The summed E-state index contributed by atoms with van der Waals surface area (Å²) >= 11 is 0. The molecule has 0 aliphatic rings. The number of rotatable bonds is 4. The normalized spacial score (nSPS) is 12.8. The van der Waals surface area contributed by atoms with E-state index >= 15 is 0 Å². The highest BCUT2D eigenvalue weighted by Gasteiger charge is 2.00. The number of benzene rings is 1. The van der Waals surface area contributed by atoms with Crippen LogP contribution in [0.25, 0.3) is 0 Å². The van der Waals surface area contributed by atoms with E-state index in [4.69, 9.17) is 11.5 Å². The van der Waals surface area contributed by atoms with E-state index in [0.717, 1.165) is 12.8 Å². The van der Waals surface area contributed by atoms with Gasteiger partial charge in [-0.3, -0.25) is 0 Å². The average molecular weight is 178 g/mol. The van der Waals surface area contributed by atoms with Gasteiger partial charge in [0, 0.05) is 12.6 Å². The first kappa shape index (κ1) is 10.2. The van der Waals surface area contributed by atoms with Crippen LogP contribution in [0.4, 0.5) is 0 Å². The summed E-state index contributed by atoms with van der Waals surface area (Å²) in [5.74, 6) is 0. The van der Waals surface area contributed by atoms with Crippen LogP contribution in [0.5, 0.6) is 0 Å². The topological polar surface area (TPSA) is 52.0 Å². The predicted octanol–water partition coefficient (Wildman–Crippen LogP) is 1.08. The first-order valence-corrected chi connectivity index (χ1v) is 4.79. The van der Waals surface area contributed by atoms with Crippen LogP contribution >= 0.6 is 0 Å². The van der Waals surface area contributed by atoms with E-state index in [1.54, 1.807) is 0 Å². The Morgan fingerprint density at radius 3 is 2.15 bits per heavy atom. The number of hydrogen-bond acceptors (Lipinski definition) is 2. The molecule has 2 heteroatoms. The molecule has 0 aliphatic carbocycles. The van der Waals surface area contributed by atoms with Gasteiger partial charge < -0.3 is 11.5 Å². The van der Waals surface area contributed by atoms with Crippen molar-refractivity contribution in [1.82, 2.24) is 0 Å². The smallest absolute Gasteiger partial charge is 0.0203 e. The van der Waals surface area contributed by atoms with Crippen molar-refractivity contribution in [3.05, 3.63) is 35.4 Å². The van der Waals surface area contributed by atoms with Gasteiger partial charge in [-0.1, -0.05) is 31.2 Å². The first-order chi connectivity index (χ1) is 6.26. The van der Waals surface area contributed by atoms with Gasteiger partial charge in [-0.05, 0) is 24.0 Å². The molecule has 0 fully saturated rings. The van der Waals surface area contributed by atoms with Crippen molar-refractivity contribution in [1.29, 1.82) is 0 Å². The van der Waals surface area contributed by atoms with Crippen LogP contribution in [0.15, 0.2) is 24.3 Å². The lowest BCUT2D eigenvalue weighted by Crippen LogP contribution is -2.31. The SMILES string of the molecule is CCc1ccc(CC(N)CN)cc1.